The second-order valence-electron chi connectivity index (χ2n) is 3.90. The molecule has 0 aromatic heterocycles. The highest BCUT2D eigenvalue weighted by Crippen LogP contribution is 2.26. The molecule has 0 saturated heterocycles. The summed E-state index contributed by atoms with van der Waals surface area (Å²) in [5.41, 5.74) is 1.74. The van der Waals surface area contributed by atoms with E-state index >= 15 is 0 Å². The number of nitrogens with one attached hydrogen (secondary N) is 1. The first-order valence-electron chi connectivity index (χ1n) is 4.91. The Morgan fingerprint density at radius 3 is 2.64 bits per heavy atom. The van der Waals surface area contributed by atoms with Crippen molar-refractivity contribution in [3.63, 3.8) is 0 Å². The first kappa shape index (κ1) is 9.34. The van der Waals surface area contributed by atoms with Gasteiger partial charge in [-0.1, -0.05) is 6.07 Å². The third-order valence-corrected chi connectivity index (χ3v) is 2.80. The molecule has 0 heterocycles. The predicted octanol–water partition coefficient (Wildman–Crippen LogP) is 1.64. The molecule has 3 nitrogen and oxygen atoms in total. The zero-order valence-corrected chi connectivity index (χ0v) is 8.20. The minimum atomic E-state index is -0.238. The van der Waals surface area contributed by atoms with Crippen LogP contribution in [0.1, 0.15) is 18.4 Å². The second-order valence-corrected chi connectivity index (χ2v) is 3.90. The molecule has 1 aromatic carbocycles. The van der Waals surface area contributed by atoms with E-state index in [0.717, 1.165) is 24.1 Å². The van der Waals surface area contributed by atoms with Crippen LogP contribution in [0.2, 0.25) is 0 Å². The number of rotatable bonds is 2. The first-order chi connectivity index (χ1) is 6.66. The van der Waals surface area contributed by atoms with Gasteiger partial charge >= 0.3 is 0 Å². The van der Waals surface area contributed by atoms with Gasteiger partial charge in [-0.3, -0.25) is 0 Å². The fourth-order valence-corrected chi connectivity index (χ4v) is 1.56. The van der Waals surface area contributed by atoms with Gasteiger partial charge in [-0.25, -0.2) is 0 Å². The van der Waals surface area contributed by atoms with Crippen molar-refractivity contribution in [1.82, 2.24) is 0 Å². The number of benzene rings is 1. The van der Waals surface area contributed by atoms with Gasteiger partial charge in [0.25, 0.3) is 0 Å². The van der Waals surface area contributed by atoms with E-state index < -0.39 is 0 Å². The number of aryl methyl sites for hydroxylation is 1. The molecule has 14 heavy (non-hydrogen) atoms. The van der Waals surface area contributed by atoms with E-state index in [1.54, 1.807) is 6.07 Å². The van der Waals surface area contributed by atoms with Crippen LogP contribution < -0.4 is 5.32 Å². The van der Waals surface area contributed by atoms with Crippen LogP contribution in [0.25, 0.3) is 0 Å². The first-order valence-corrected chi connectivity index (χ1v) is 4.91. The number of phenolic OH excluding ortho intramolecular Hbond substituents is 1. The monoisotopic (exact) mass is 193 g/mol. The van der Waals surface area contributed by atoms with Crippen molar-refractivity contribution < 1.29 is 10.2 Å². The largest absolute Gasteiger partial charge is 0.508 e. The Morgan fingerprint density at radius 1 is 1.36 bits per heavy atom. The summed E-state index contributed by atoms with van der Waals surface area (Å²) in [6, 6.07) is 5.63. The van der Waals surface area contributed by atoms with Gasteiger partial charge in [-0.05, 0) is 31.4 Å². The van der Waals surface area contributed by atoms with E-state index in [2.05, 4.69) is 5.32 Å². The molecule has 1 aliphatic carbocycles. The minimum Gasteiger partial charge on any atom is -0.508 e. The van der Waals surface area contributed by atoms with Gasteiger partial charge in [0, 0.05) is 11.8 Å². The minimum absolute atomic E-state index is 0.150. The third-order valence-electron chi connectivity index (χ3n) is 2.80. The van der Waals surface area contributed by atoms with Crippen LogP contribution in [0.3, 0.4) is 0 Å². The quantitative estimate of drug-likeness (QED) is 0.669. The van der Waals surface area contributed by atoms with Gasteiger partial charge in [0.1, 0.15) is 5.75 Å². The van der Waals surface area contributed by atoms with Crippen molar-refractivity contribution in [2.45, 2.75) is 31.9 Å². The fourth-order valence-electron chi connectivity index (χ4n) is 1.56. The second kappa shape index (κ2) is 3.50. The number of phenols is 1. The summed E-state index contributed by atoms with van der Waals surface area (Å²) >= 11 is 0. The topological polar surface area (TPSA) is 52.5 Å². The van der Waals surface area contributed by atoms with Crippen LogP contribution in [0.4, 0.5) is 5.69 Å². The van der Waals surface area contributed by atoms with Gasteiger partial charge in [0.05, 0.1) is 12.1 Å². The molecule has 1 aliphatic rings. The van der Waals surface area contributed by atoms with Gasteiger partial charge in [-0.15, -0.1) is 0 Å². The molecule has 2 unspecified atom stereocenters. The lowest BCUT2D eigenvalue weighted by Gasteiger charge is -2.33. The lowest BCUT2D eigenvalue weighted by molar-refractivity contribution is 0.0786. The molecule has 76 valence electrons. The summed E-state index contributed by atoms with van der Waals surface area (Å²) < 4.78 is 0. The van der Waals surface area contributed by atoms with Gasteiger partial charge in [0.2, 0.25) is 0 Å². The van der Waals surface area contributed by atoms with E-state index in [1.165, 1.54) is 0 Å². The number of aliphatic hydroxyl groups is 1. The van der Waals surface area contributed by atoms with Crippen molar-refractivity contribution in [3.05, 3.63) is 23.8 Å². The smallest absolute Gasteiger partial charge is 0.120 e. The van der Waals surface area contributed by atoms with Crippen LogP contribution in [0.15, 0.2) is 18.2 Å². The van der Waals surface area contributed by atoms with Gasteiger partial charge < -0.3 is 15.5 Å². The Labute approximate surface area is 83.4 Å². The Hall–Kier alpha value is -1.22. The number of aliphatic hydroxyl groups excluding tert-OH is 1. The van der Waals surface area contributed by atoms with E-state index in [9.17, 15) is 10.2 Å². The van der Waals surface area contributed by atoms with Crippen LogP contribution in [-0.2, 0) is 0 Å². The zero-order chi connectivity index (χ0) is 10.1. The molecule has 1 aromatic rings. The Bertz CT molecular complexity index is 338. The van der Waals surface area contributed by atoms with E-state index in [1.807, 2.05) is 19.1 Å². The number of hydrogen-bond acceptors (Lipinski definition) is 3. The Kier molecular flexibility index (Phi) is 2.33. The SMILES string of the molecule is Cc1ccc(NC2CCC2O)cc1O. The normalized spacial score (nSPS) is 25.6. The zero-order valence-electron chi connectivity index (χ0n) is 8.20. The summed E-state index contributed by atoms with van der Waals surface area (Å²) in [6.07, 6.45) is 1.63. The van der Waals surface area contributed by atoms with Crippen LogP contribution in [-0.4, -0.2) is 22.4 Å². The molecule has 0 spiro atoms. The predicted molar refractivity (Wildman–Crippen MR) is 55.5 cm³/mol. The lowest BCUT2D eigenvalue weighted by Crippen LogP contribution is -2.42. The molecule has 1 fully saturated rings. The van der Waals surface area contributed by atoms with Crippen LogP contribution in [0, 0.1) is 6.92 Å². The molecule has 3 N–H and O–H groups in total. The van der Waals surface area contributed by atoms with Gasteiger partial charge in [-0.2, -0.15) is 0 Å². The summed E-state index contributed by atoms with van der Waals surface area (Å²) in [7, 11) is 0. The van der Waals surface area contributed by atoms with Gasteiger partial charge in [0.15, 0.2) is 0 Å². The number of aromatic hydroxyl groups is 1. The summed E-state index contributed by atoms with van der Waals surface area (Å²) in [6.45, 7) is 1.86. The fraction of sp³-hybridized carbons (Fsp3) is 0.455. The molecular weight excluding hydrogens is 178 g/mol. The number of anilines is 1. The average molecular weight is 193 g/mol. The molecule has 1 saturated carbocycles. The van der Waals surface area contributed by atoms with Crippen molar-refractivity contribution in [3.8, 4) is 5.75 Å². The third kappa shape index (κ3) is 1.68. The van der Waals surface area contributed by atoms with Crippen molar-refractivity contribution in [2.24, 2.45) is 0 Å². The maximum Gasteiger partial charge on any atom is 0.120 e. The standard InChI is InChI=1S/C11H15NO2/c1-7-2-3-8(6-11(7)14)12-9-4-5-10(9)13/h2-3,6,9-10,12-14H,4-5H2,1H3. The lowest BCUT2D eigenvalue weighted by atomic mass is 9.89. The Balaban J connectivity index is 2.06. The summed E-state index contributed by atoms with van der Waals surface area (Å²) in [5.74, 6) is 0.295. The summed E-state index contributed by atoms with van der Waals surface area (Å²) in [4.78, 5) is 0. The molecule has 3 heteroatoms. The van der Waals surface area contributed by atoms with Crippen LogP contribution >= 0.6 is 0 Å². The van der Waals surface area contributed by atoms with E-state index in [-0.39, 0.29) is 12.1 Å². The molecule has 0 bridgehead atoms. The average Bonchev–Trinajstić information content (AvgIpc) is 2.17. The highest BCUT2D eigenvalue weighted by Gasteiger charge is 2.28. The van der Waals surface area contributed by atoms with Crippen LogP contribution in [0.5, 0.6) is 5.75 Å². The molecule has 0 radical (unpaired) electrons. The highest BCUT2D eigenvalue weighted by atomic mass is 16.3. The molecule has 0 amide bonds. The molecule has 2 atom stereocenters. The van der Waals surface area contributed by atoms with Crippen molar-refractivity contribution >= 4 is 5.69 Å². The molecule has 2 rings (SSSR count). The van der Waals surface area contributed by atoms with E-state index in [4.69, 9.17) is 0 Å². The molecule has 0 aliphatic heterocycles. The van der Waals surface area contributed by atoms with Crippen molar-refractivity contribution in [1.29, 1.82) is 0 Å². The highest BCUT2D eigenvalue weighted by molar-refractivity contribution is 5.51. The maximum atomic E-state index is 9.47. The van der Waals surface area contributed by atoms with E-state index in [0.29, 0.717) is 5.75 Å². The van der Waals surface area contributed by atoms with Crippen molar-refractivity contribution in [2.75, 3.05) is 5.32 Å². The number of hydrogen-bond donors (Lipinski definition) is 3. The Morgan fingerprint density at radius 2 is 2.14 bits per heavy atom. The maximum absolute atomic E-state index is 9.47. The summed E-state index contributed by atoms with van der Waals surface area (Å²) in [5, 5.41) is 22.0. The molecular formula is C11H15NO2.